The number of benzene rings is 1. The molecule has 0 aromatic heterocycles. The van der Waals surface area contributed by atoms with Crippen LogP contribution in [-0.2, 0) is 11.2 Å². The zero-order valence-corrected chi connectivity index (χ0v) is 6.64. The number of carbonyl (C=O) groups excluding carboxylic acids is 1. The van der Waals surface area contributed by atoms with Crippen molar-refractivity contribution in [3.05, 3.63) is 35.6 Å². The van der Waals surface area contributed by atoms with E-state index in [9.17, 15) is 9.18 Å². The summed E-state index contributed by atoms with van der Waals surface area (Å²) < 4.78 is 12.8. The molecule has 0 heterocycles. The average Bonchev–Trinajstić information content (AvgIpc) is 1.93. The third kappa shape index (κ3) is 2.35. The monoisotopic (exact) mass is 170 g/mol. The number of thiol groups is 1. The summed E-state index contributed by atoms with van der Waals surface area (Å²) in [5.74, 6) is -0.352. The van der Waals surface area contributed by atoms with Crippen molar-refractivity contribution < 1.29 is 9.18 Å². The van der Waals surface area contributed by atoms with Gasteiger partial charge in [-0.3, -0.25) is 4.79 Å². The Morgan fingerprint density at radius 3 is 2.64 bits per heavy atom. The van der Waals surface area contributed by atoms with Crippen LogP contribution in [0.2, 0.25) is 0 Å². The molecule has 0 amide bonds. The zero-order chi connectivity index (χ0) is 8.27. The average molecular weight is 170 g/mol. The lowest BCUT2D eigenvalue weighted by atomic mass is 10.1. The van der Waals surface area contributed by atoms with Crippen LogP contribution in [-0.4, -0.2) is 5.12 Å². The first-order valence-electron chi connectivity index (χ1n) is 3.15. The topological polar surface area (TPSA) is 17.1 Å². The predicted molar refractivity (Wildman–Crippen MR) is 44.1 cm³/mol. The molecule has 0 radical (unpaired) electrons. The molecule has 0 atom stereocenters. The fourth-order valence-electron chi connectivity index (χ4n) is 0.805. The van der Waals surface area contributed by atoms with Crippen molar-refractivity contribution >= 4 is 17.7 Å². The number of hydrogen-bond acceptors (Lipinski definition) is 1. The van der Waals surface area contributed by atoms with Gasteiger partial charge in [0.25, 0.3) is 0 Å². The summed E-state index contributed by atoms with van der Waals surface area (Å²) in [6, 6.07) is 6.17. The molecule has 11 heavy (non-hydrogen) atoms. The normalized spacial score (nSPS) is 9.64. The lowest BCUT2D eigenvalue weighted by molar-refractivity contribution is -0.110. The van der Waals surface area contributed by atoms with E-state index in [1.54, 1.807) is 18.2 Å². The van der Waals surface area contributed by atoms with Gasteiger partial charge in [0.15, 0.2) is 5.12 Å². The lowest BCUT2D eigenvalue weighted by Gasteiger charge is -1.96. The van der Waals surface area contributed by atoms with Crippen molar-refractivity contribution in [2.75, 3.05) is 0 Å². The molecule has 0 N–H and O–H groups in total. The van der Waals surface area contributed by atoms with Gasteiger partial charge in [-0.25, -0.2) is 4.39 Å². The summed E-state index contributed by atoms with van der Waals surface area (Å²) in [5, 5.41) is -0.324. The third-order valence-corrected chi connectivity index (χ3v) is 1.46. The first kappa shape index (κ1) is 8.27. The van der Waals surface area contributed by atoms with Crippen LogP contribution in [0.25, 0.3) is 0 Å². The number of rotatable bonds is 2. The minimum Gasteiger partial charge on any atom is -0.287 e. The van der Waals surface area contributed by atoms with Gasteiger partial charge >= 0.3 is 0 Å². The molecule has 0 bridgehead atoms. The Kier molecular flexibility index (Phi) is 2.65. The Morgan fingerprint density at radius 2 is 2.09 bits per heavy atom. The lowest BCUT2D eigenvalue weighted by Crippen LogP contribution is -1.96. The van der Waals surface area contributed by atoms with Gasteiger partial charge < -0.3 is 0 Å². The van der Waals surface area contributed by atoms with E-state index in [4.69, 9.17) is 0 Å². The molecule has 0 unspecified atom stereocenters. The van der Waals surface area contributed by atoms with E-state index in [0.29, 0.717) is 5.56 Å². The Hall–Kier alpha value is -0.830. The molecule has 1 rings (SSSR count). The maximum Gasteiger partial charge on any atom is 0.190 e. The van der Waals surface area contributed by atoms with Crippen LogP contribution in [0.4, 0.5) is 4.39 Å². The molecule has 0 fully saturated rings. The van der Waals surface area contributed by atoms with E-state index in [0.717, 1.165) is 0 Å². The maximum absolute atomic E-state index is 12.8. The van der Waals surface area contributed by atoms with Crippen LogP contribution < -0.4 is 0 Å². The van der Waals surface area contributed by atoms with Crippen LogP contribution in [0, 0.1) is 5.82 Å². The molecule has 0 saturated carbocycles. The number of carbonyl (C=O) groups is 1. The fourth-order valence-corrected chi connectivity index (χ4v) is 0.975. The molecule has 1 nitrogen and oxygen atoms in total. The van der Waals surface area contributed by atoms with Crippen molar-refractivity contribution in [2.45, 2.75) is 6.42 Å². The Bertz CT molecular complexity index is 273. The van der Waals surface area contributed by atoms with Crippen LogP contribution in [0.5, 0.6) is 0 Å². The second kappa shape index (κ2) is 3.53. The van der Waals surface area contributed by atoms with E-state index < -0.39 is 0 Å². The van der Waals surface area contributed by atoms with Crippen molar-refractivity contribution in [1.82, 2.24) is 0 Å². The standard InChI is InChI=1S/C8H7FOS/c9-7-4-2-1-3-6(7)5-8(10)11/h1-4H,5H2,(H,10,11). The van der Waals surface area contributed by atoms with E-state index in [1.165, 1.54) is 6.07 Å². The van der Waals surface area contributed by atoms with Gasteiger partial charge in [0.2, 0.25) is 0 Å². The SMILES string of the molecule is O=C(S)Cc1ccccc1F. The minimum absolute atomic E-state index is 0.0514. The molecule has 1 aromatic rings. The van der Waals surface area contributed by atoms with E-state index in [2.05, 4.69) is 12.6 Å². The van der Waals surface area contributed by atoms with E-state index >= 15 is 0 Å². The van der Waals surface area contributed by atoms with Gasteiger partial charge in [-0.1, -0.05) is 18.2 Å². The molecular weight excluding hydrogens is 163 g/mol. The molecule has 1 aromatic carbocycles. The Balaban J connectivity index is 2.86. The fraction of sp³-hybridized carbons (Fsp3) is 0.125. The van der Waals surface area contributed by atoms with Gasteiger partial charge in [0, 0.05) is 6.42 Å². The Morgan fingerprint density at radius 1 is 1.45 bits per heavy atom. The summed E-state index contributed by atoms with van der Waals surface area (Å²) in [4.78, 5) is 10.5. The van der Waals surface area contributed by atoms with Crippen molar-refractivity contribution in [1.29, 1.82) is 0 Å². The number of halogens is 1. The van der Waals surface area contributed by atoms with Gasteiger partial charge in [-0.15, -0.1) is 12.6 Å². The van der Waals surface area contributed by atoms with Gasteiger partial charge in [0.05, 0.1) is 0 Å². The highest BCUT2D eigenvalue weighted by Crippen LogP contribution is 2.07. The molecule has 0 spiro atoms. The van der Waals surface area contributed by atoms with Crippen LogP contribution >= 0.6 is 12.6 Å². The molecule has 0 aliphatic carbocycles. The molecule has 0 aliphatic rings. The predicted octanol–water partition coefficient (Wildman–Crippen LogP) is 1.82. The van der Waals surface area contributed by atoms with Crippen LogP contribution in [0.3, 0.4) is 0 Å². The molecule has 58 valence electrons. The van der Waals surface area contributed by atoms with Gasteiger partial charge in [-0.05, 0) is 11.6 Å². The largest absolute Gasteiger partial charge is 0.287 e. The molecule has 0 saturated heterocycles. The summed E-state index contributed by atoms with van der Waals surface area (Å²) in [7, 11) is 0. The molecule has 3 heteroatoms. The highest BCUT2D eigenvalue weighted by atomic mass is 32.1. The van der Waals surface area contributed by atoms with Gasteiger partial charge in [0.1, 0.15) is 5.82 Å². The van der Waals surface area contributed by atoms with Crippen molar-refractivity contribution in [2.24, 2.45) is 0 Å². The Labute approximate surface area is 69.6 Å². The quantitative estimate of drug-likeness (QED) is 0.670. The first-order chi connectivity index (χ1) is 5.20. The minimum atomic E-state index is -0.352. The first-order valence-corrected chi connectivity index (χ1v) is 3.60. The zero-order valence-electron chi connectivity index (χ0n) is 5.75. The van der Waals surface area contributed by atoms with Crippen molar-refractivity contribution in [3.63, 3.8) is 0 Å². The smallest absolute Gasteiger partial charge is 0.190 e. The van der Waals surface area contributed by atoms with E-state index in [-0.39, 0.29) is 17.4 Å². The summed E-state index contributed by atoms with van der Waals surface area (Å²) in [5.41, 5.74) is 0.396. The van der Waals surface area contributed by atoms with Gasteiger partial charge in [-0.2, -0.15) is 0 Å². The highest BCUT2D eigenvalue weighted by molar-refractivity contribution is 7.96. The number of hydrogen-bond donors (Lipinski definition) is 1. The van der Waals surface area contributed by atoms with E-state index in [1.807, 2.05) is 0 Å². The summed E-state index contributed by atoms with van der Waals surface area (Å²) in [6.07, 6.45) is 0.0514. The second-order valence-electron chi connectivity index (χ2n) is 2.16. The third-order valence-electron chi connectivity index (χ3n) is 1.30. The molecule has 0 aliphatic heterocycles. The molecular formula is C8H7FOS. The van der Waals surface area contributed by atoms with Crippen LogP contribution in [0.1, 0.15) is 5.56 Å². The van der Waals surface area contributed by atoms with Crippen molar-refractivity contribution in [3.8, 4) is 0 Å². The summed E-state index contributed by atoms with van der Waals surface area (Å²) in [6.45, 7) is 0. The highest BCUT2D eigenvalue weighted by Gasteiger charge is 2.02. The van der Waals surface area contributed by atoms with Crippen LogP contribution in [0.15, 0.2) is 24.3 Å². The maximum atomic E-state index is 12.8. The second-order valence-corrected chi connectivity index (χ2v) is 2.66. The summed E-state index contributed by atoms with van der Waals surface area (Å²) >= 11 is 3.55.